The first-order valence-corrected chi connectivity index (χ1v) is 8.02. The Labute approximate surface area is 137 Å². The van der Waals surface area contributed by atoms with Gasteiger partial charge < -0.3 is 4.90 Å². The van der Waals surface area contributed by atoms with Crippen LogP contribution in [0.25, 0.3) is 6.08 Å². The summed E-state index contributed by atoms with van der Waals surface area (Å²) in [5.74, 6) is 0. The van der Waals surface area contributed by atoms with Gasteiger partial charge in [0, 0.05) is 11.4 Å². The van der Waals surface area contributed by atoms with Gasteiger partial charge in [0.25, 0.3) is 0 Å². The van der Waals surface area contributed by atoms with Crippen LogP contribution in [0.5, 0.6) is 0 Å². The second-order valence-corrected chi connectivity index (χ2v) is 6.02. The molecule has 1 aliphatic carbocycles. The zero-order valence-corrected chi connectivity index (χ0v) is 13.2. The van der Waals surface area contributed by atoms with Crippen molar-refractivity contribution >= 4 is 23.1 Å². The first-order chi connectivity index (χ1) is 11.3. The second-order valence-electron chi connectivity index (χ2n) is 6.02. The Kier molecular flexibility index (Phi) is 3.47. The first-order valence-electron chi connectivity index (χ1n) is 8.02. The van der Waals surface area contributed by atoms with Crippen molar-refractivity contribution < 1.29 is 0 Å². The normalized spacial score (nSPS) is 12.7. The molecule has 0 amide bonds. The molecule has 0 unspecified atom stereocenters. The maximum absolute atomic E-state index is 2.35. The summed E-state index contributed by atoms with van der Waals surface area (Å²) in [6, 6.07) is 27.8. The van der Waals surface area contributed by atoms with Crippen molar-refractivity contribution in [3.63, 3.8) is 0 Å². The molecule has 0 saturated heterocycles. The third kappa shape index (κ3) is 2.55. The molecule has 0 aliphatic heterocycles. The molecular formula is C22H19N. The molecule has 1 aliphatic rings. The largest absolute Gasteiger partial charge is 0.310 e. The minimum atomic E-state index is 1.03. The van der Waals surface area contributed by atoms with Crippen molar-refractivity contribution in [3.8, 4) is 0 Å². The smallest absolute Gasteiger partial charge is 0.0502 e. The number of fused-ring (bicyclic) bond motifs is 1. The molecule has 0 spiro atoms. The van der Waals surface area contributed by atoms with Crippen molar-refractivity contribution in [1.82, 2.24) is 0 Å². The zero-order valence-electron chi connectivity index (χ0n) is 13.2. The molecule has 0 heterocycles. The van der Waals surface area contributed by atoms with E-state index in [1.54, 1.807) is 0 Å². The number of nitrogens with zero attached hydrogens (tertiary/aromatic N) is 1. The molecule has 1 nitrogen and oxygen atoms in total. The molecule has 4 rings (SSSR count). The van der Waals surface area contributed by atoms with Crippen LogP contribution in [-0.4, -0.2) is 0 Å². The minimum Gasteiger partial charge on any atom is -0.310 e. The van der Waals surface area contributed by atoms with E-state index in [4.69, 9.17) is 0 Å². The van der Waals surface area contributed by atoms with Crippen molar-refractivity contribution in [2.45, 2.75) is 13.3 Å². The molecule has 0 fully saturated rings. The fraction of sp³-hybridized carbons (Fsp3) is 0.0909. The van der Waals surface area contributed by atoms with Gasteiger partial charge in [0.05, 0.1) is 5.69 Å². The molecule has 3 aromatic rings. The standard InChI is InChI=1S/C22H19N/c1-17-15-18-9-8-14-22(21(18)16-17)23(19-10-4-2-5-11-19)20-12-6-3-7-13-20/h2-15H,16H2,1H3. The van der Waals surface area contributed by atoms with Crippen LogP contribution in [0.3, 0.4) is 0 Å². The number of rotatable bonds is 3. The second kappa shape index (κ2) is 5.77. The van der Waals surface area contributed by atoms with E-state index in [2.05, 4.69) is 96.8 Å². The molecular weight excluding hydrogens is 278 g/mol. The summed E-state index contributed by atoms with van der Waals surface area (Å²) < 4.78 is 0. The van der Waals surface area contributed by atoms with E-state index in [1.807, 2.05) is 0 Å². The Morgan fingerprint density at radius 2 is 1.30 bits per heavy atom. The summed E-state index contributed by atoms with van der Waals surface area (Å²) in [5, 5.41) is 0. The van der Waals surface area contributed by atoms with E-state index in [0.717, 1.165) is 6.42 Å². The van der Waals surface area contributed by atoms with Gasteiger partial charge >= 0.3 is 0 Å². The van der Waals surface area contributed by atoms with Crippen LogP contribution in [0.2, 0.25) is 0 Å². The van der Waals surface area contributed by atoms with Gasteiger partial charge in [-0.05, 0) is 54.8 Å². The van der Waals surface area contributed by atoms with Crippen molar-refractivity contribution in [2.75, 3.05) is 4.90 Å². The summed E-state index contributed by atoms with van der Waals surface area (Å²) in [6.07, 6.45) is 3.33. The maximum Gasteiger partial charge on any atom is 0.0502 e. The molecule has 0 N–H and O–H groups in total. The summed E-state index contributed by atoms with van der Waals surface area (Å²) >= 11 is 0. The third-order valence-electron chi connectivity index (χ3n) is 4.31. The monoisotopic (exact) mass is 297 g/mol. The zero-order chi connectivity index (χ0) is 15.6. The van der Waals surface area contributed by atoms with Gasteiger partial charge in [-0.3, -0.25) is 0 Å². The SMILES string of the molecule is CC1=Cc2cccc(N(c3ccccc3)c3ccccc3)c2C1. The third-order valence-corrected chi connectivity index (χ3v) is 4.31. The van der Waals surface area contributed by atoms with Crippen molar-refractivity contribution in [3.05, 3.63) is 95.6 Å². The topological polar surface area (TPSA) is 3.24 Å². The molecule has 3 aromatic carbocycles. The fourth-order valence-electron chi connectivity index (χ4n) is 3.31. The van der Waals surface area contributed by atoms with Crippen molar-refractivity contribution in [2.24, 2.45) is 0 Å². The maximum atomic E-state index is 2.35. The molecule has 0 aromatic heterocycles. The van der Waals surface area contributed by atoms with Gasteiger partial charge in [0.1, 0.15) is 0 Å². The fourth-order valence-corrected chi connectivity index (χ4v) is 3.31. The van der Waals surface area contributed by atoms with E-state index in [-0.39, 0.29) is 0 Å². The number of benzene rings is 3. The lowest BCUT2D eigenvalue weighted by Gasteiger charge is -2.27. The van der Waals surface area contributed by atoms with Gasteiger partial charge in [-0.1, -0.05) is 60.2 Å². The van der Waals surface area contributed by atoms with Gasteiger partial charge in [0.2, 0.25) is 0 Å². The average Bonchev–Trinajstić information content (AvgIpc) is 2.98. The van der Waals surface area contributed by atoms with Crippen LogP contribution in [0.4, 0.5) is 17.1 Å². The predicted molar refractivity (Wildman–Crippen MR) is 98.5 cm³/mol. The van der Waals surface area contributed by atoms with Crippen LogP contribution >= 0.6 is 0 Å². The molecule has 0 saturated carbocycles. The quantitative estimate of drug-likeness (QED) is 0.563. The highest BCUT2D eigenvalue weighted by atomic mass is 15.1. The molecule has 112 valence electrons. The number of anilines is 3. The number of hydrogen-bond acceptors (Lipinski definition) is 1. The summed E-state index contributed by atoms with van der Waals surface area (Å²) in [4.78, 5) is 2.35. The van der Waals surface area contributed by atoms with Gasteiger partial charge in [-0.15, -0.1) is 0 Å². The Hall–Kier alpha value is -2.80. The average molecular weight is 297 g/mol. The first kappa shape index (κ1) is 13.8. The lowest BCUT2D eigenvalue weighted by Crippen LogP contribution is -2.12. The highest BCUT2D eigenvalue weighted by Gasteiger charge is 2.20. The van der Waals surface area contributed by atoms with Crippen LogP contribution in [0, 0.1) is 0 Å². The van der Waals surface area contributed by atoms with Gasteiger partial charge in [-0.25, -0.2) is 0 Å². The Bertz CT molecular complexity index is 808. The number of para-hydroxylation sites is 2. The number of allylic oxidation sites excluding steroid dienone is 1. The molecule has 0 bridgehead atoms. The lowest BCUT2D eigenvalue weighted by atomic mass is 10.0. The molecule has 1 heteroatoms. The Morgan fingerprint density at radius 1 is 0.696 bits per heavy atom. The van der Waals surface area contributed by atoms with Crippen LogP contribution in [0.15, 0.2) is 84.4 Å². The molecule has 0 radical (unpaired) electrons. The van der Waals surface area contributed by atoms with Crippen LogP contribution < -0.4 is 4.90 Å². The molecule has 23 heavy (non-hydrogen) atoms. The predicted octanol–water partition coefficient (Wildman–Crippen LogP) is 6.12. The Balaban J connectivity index is 1.90. The van der Waals surface area contributed by atoms with E-state index in [9.17, 15) is 0 Å². The van der Waals surface area contributed by atoms with E-state index < -0.39 is 0 Å². The summed E-state index contributed by atoms with van der Waals surface area (Å²) in [6.45, 7) is 2.21. The number of hydrogen-bond donors (Lipinski definition) is 0. The molecule has 0 atom stereocenters. The van der Waals surface area contributed by atoms with E-state index in [0.29, 0.717) is 0 Å². The lowest BCUT2D eigenvalue weighted by molar-refractivity contribution is 1.16. The summed E-state index contributed by atoms with van der Waals surface area (Å²) in [5.41, 5.74) is 7.84. The summed E-state index contributed by atoms with van der Waals surface area (Å²) in [7, 11) is 0. The van der Waals surface area contributed by atoms with E-state index in [1.165, 1.54) is 33.8 Å². The van der Waals surface area contributed by atoms with Gasteiger partial charge in [0.15, 0.2) is 0 Å². The van der Waals surface area contributed by atoms with Crippen molar-refractivity contribution in [1.29, 1.82) is 0 Å². The highest BCUT2D eigenvalue weighted by Crippen LogP contribution is 2.40. The van der Waals surface area contributed by atoms with Gasteiger partial charge in [-0.2, -0.15) is 0 Å². The van der Waals surface area contributed by atoms with E-state index >= 15 is 0 Å². The minimum absolute atomic E-state index is 1.03. The highest BCUT2D eigenvalue weighted by molar-refractivity contribution is 5.82. The van der Waals surface area contributed by atoms with Crippen LogP contribution in [-0.2, 0) is 6.42 Å². The Morgan fingerprint density at radius 3 is 1.91 bits per heavy atom. The van der Waals surface area contributed by atoms with Crippen LogP contribution in [0.1, 0.15) is 18.1 Å².